The zero-order valence-corrected chi connectivity index (χ0v) is 21.0. The summed E-state index contributed by atoms with van der Waals surface area (Å²) in [6.07, 6.45) is 0.591. The van der Waals surface area contributed by atoms with Gasteiger partial charge in [0.1, 0.15) is 6.54 Å². The van der Waals surface area contributed by atoms with E-state index in [-0.39, 0.29) is 20.6 Å². The Bertz CT molecular complexity index is 1210. The van der Waals surface area contributed by atoms with Crippen LogP contribution in [0.25, 0.3) is 0 Å². The maximum atomic E-state index is 13.5. The molecule has 0 aromatic heterocycles. The molecule has 3 aromatic carbocycles. The number of halogens is 2. The van der Waals surface area contributed by atoms with E-state index in [4.69, 9.17) is 23.2 Å². The highest BCUT2D eigenvalue weighted by molar-refractivity contribution is 7.92. The first-order chi connectivity index (χ1) is 15.5. The lowest BCUT2D eigenvalue weighted by Gasteiger charge is -2.29. The predicted octanol–water partition coefficient (Wildman–Crippen LogP) is 5.63. The summed E-state index contributed by atoms with van der Waals surface area (Å²) in [6.45, 7) is 5.23. The SMILES string of the molecule is Cc1ccc(S(=O)(=O)N(CC(=O)NC(C)(C)Cc2ccccc2)c2cc(Cl)cc(Cl)c2)cc1. The Morgan fingerprint density at radius 3 is 2.09 bits per heavy atom. The molecule has 8 heteroatoms. The fourth-order valence-corrected chi connectivity index (χ4v) is 5.45. The summed E-state index contributed by atoms with van der Waals surface area (Å²) in [6, 6.07) is 20.7. The highest BCUT2D eigenvalue weighted by Crippen LogP contribution is 2.30. The Morgan fingerprint density at radius 2 is 1.52 bits per heavy atom. The van der Waals surface area contributed by atoms with Crippen LogP contribution in [0.5, 0.6) is 0 Å². The van der Waals surface area contributed by atoms with Crippen molar-refractivity contribution in [2.24, 2.45) is 0 Å². The number of carbonyl (C=O) groups is 1. The van der Waals surface area contributed by atoms with Crippen LogP contribution in [0.4, 0.5) is 5.69 Å². The van der Waals surface area contributed by atoms with E-state index in [2.05, 4.69) is 5.32 Å². The lowest BCUT2D eigenvalue weighted by atomic mass is 9.95. The zero-order valence-electron chi connectivity index (χ0n) is 18.7. The van der Waals surface area contributed by atoms with E-state index in [0.717, 1.165) is 15.4 Å². The Kier molecular flexibility index (Phi) is 7.73. The Balaban J connectivity index is 1.91. The molecular formula is C25H26Cl2N2O3S. The molecule has 0 radical (unpaired) electrons. The number of hydrogen-bond donors (Lipinski definition) is 1. The molecule has 0 atom stereocenters. The molecule has 0 aliphatic rings. The molecule has 33 heavy (non-hydrogen) atoms. The molecular weight excluding hydrogens is 479 g/mol. The van der Waals surface area contributed by atoms with Crippen LogP contribution in [0.3, 0.4) is 0 Å². The number of aryl methyl sites for hydroxylation is 1. The first-order valence-corrected chi connectivity index (χ1v) is 12.6. The first-order valence-electron chi connectivity index (χ1n) is 10.4. The number of anilines is 1. The van der Waals surface area contributed by atoms with Gasteiger partial charge in [0.15, 0.2) is 0 Å². The third kappa shape index (κ3) is 6.73. The smallest absolute Gasteiger partial charge is 0.264 e. The van der Waals surface area contributed by atoms with Crippen LogP contribution in [0.1, 0.15) is 25.0 Å². The number of carbonyl (C=O) groups excluding carboxylic acids is 1. The van der Waals surface area contributed by atoms with E-state index in [1.807, 2.05) is 51.1 Å². The molecule has 0 saturated carbocycles. The molecule has 0 bridgehead atoms. The second-order valence-electron chi connectivity index (χ2n) is 8.55. The van der Waals surface area contributed by atoms with Gasteiger partial charge in [0, 0.05) is 15.6 Å². The van der Waals surface area contributed by atoms with Gasteiger partial charge in [0.05, 0.1) is 10.6 Å². The minimum atomic E-state index is -4.06. The highest BCUT2D eigenvalue weighted by atomic mass is 35.5. The van der Waals surface area contributed by atoms with Crippen molar-refractivity contribution >= 4 is 44.8 Å². The van der Waals surface area contributed by atoms with Gasteiger partial charge in [-0.1, -0.05) is 71.2 Å². The van der Waals surface area contributed by atoms with Crippen LogP contribution in [0.15, 0.2) is 77.7 Å². The summed E-state index contributed by atoms with van der Waals surface area (Å²) in [5, 5.41) is 3.50. The van der Waals surface area contributed by atoms with Gasteiger partial charge in [-0.3, -0.25) is 9.10 Å². The third-order valence-electron chi connectivity index (χ3n) is 5.00. The molecule has 0 saturated heterocycles. The second kappa shape index (κ2) is 10.2. The summed E-state index contributed by atoms with van der Waals surface area (Å²) in [7, 11) is -4.06. The van der Waals surface area contributed by atoms with E-state index in [1.165, 1.54) is 30.3 Å². The van der Waals surface area contributed by atoms with Crippen LogP contribution < -0.4 is 9.62 Å². The highest BCUT2D eigenvalue weighted by Gasteiger charge is 2.30. The molecule has 1 amide bonds. The second-order valence-corrected chi connectivity index (χ2v) is 11.3. The fraction of sp³-hybridized carbons (Fsp3) is 0.240. The van der Waals surface area contributed by atoms with Crippen molar-refractivity contribution in [1.82, 2.24) is 5.32 Å². The number of nitrogens with zero attached hydrogens (tertiary/aromatic N) is 1. The topological polar surface area (TPSA) is 66.5 Å². The standard InChI is InChI=1S/C25H26Cl2N2O3S/c1-18-9-11-23(12-10-18)33(31,32)29(22-14-20(26)13-21(27)15-22)17-24(30)28-25(2,3)16-19-7-5-4-6-8-19/h4-15H,16-17H2,1-3H3,(H,28,30). The van der Waals surface area contributed by atoms with Gasteiger partial charge in [-0.05, 0) is 63.1 Å². The van der Waals surface area contributed by atoms with Crippen LogP contribution in [-0.4, -0.2) is 26.4 Å². The number of sulfonamides is 1. The quantitative estimate of drug-likeness (QED) is 0.431. The van der Waals surface area contributed by atoms with Crippen molar-refractivity contribution in [3.63, 3.8) is 0 Å². The van der Waals surface area contributed by atoms with E-state index in [9.17, 15) is 13.2 Å². The van der Waals surface area contributed by atoms with Crippen molar-refractivity contribution < 1.29 is 13.2 Å². The number of amides is 1. The molecule has 3 rings (SSSR count). The number of hydrogen-bond acceptors (Lipinski definition) is 3. The van der Waals surface area contributed by atoms with Crippen molar-refractivity contribution in [1.29, 1.82) is 0 Å². The number of rotatable bonds is 8. The third-order valence-corrected chi connectivity index (χ3v) is 7.22. The average molecular weight is 505 g/mol. The predicted molar refractivity (Wildman–Crippen MR) is 135 cm³/mol. The molecule has 0 heterocycles. The summed E-state index contributed by atoms with van der Waals surface area (Å²) in [4.78, 5) is 13.1. The van der Waals surface area contributed by atoms with Gasteiger partial charge >= 0.3 is 0 Å². The van der Waals surface area contributed by atoms with Crippen molar-refractivity contribution in [2.75, 3.05) is 10.8 Å². The lowest BCUT2D eigenvalue weighted by molar-refractivity contribution is -0.121. The first kappa shape index (κ1) is 25.1. The molecule has 0 aliphatic heterocycles. The van der Waals surface area contributed by atoms with E-state index >= 15 is 0 Å². The largest absolute Gasteiger partial charge is 0.349 e. The van der Waals surface area contributed by atoms with Crippen LogP contribution in [0, 0.1) is 6.92 Å². The summed E-state index contributed by atoms with van der Waals surface area (Å²) in [5.41, 5.74) is 1.60. The van der Waals surface area contributed by atoms with Crippen molar-refractivity contribution in [3.8, 4) is 0 Å². The van der Waals surface area contributed by atoms with Crippen LogP contribution in [-0.2, 0) is 21.2 Å². The lowest BCUT2D eigenvalue weighted by Crippen LogP contribution is -2.50. The molecule has 1 N–H and O–H groups in total. The van der Waals surface area contributed by atoms with Crippen LogP contribution in [0.2, 0.25) is 10.0 Å². The minimum absolute atomic E-state index is 0.0699. The summed E-state index contributed by atoms with van der Waals surface area (Å²) < 4.78 is 28.1. The summed E-state index contributed by atoms with van der Waals surface area (Å²) >= 11 is 12.3. The monoisotopic (exact) mass is 504 g/mol. The van der Waals surface area contributed by atoms with Gasteiger partial charge < -0.3 is 5.32 Å². The molecule has 5 nitrogen and oxygen atoms in total. The van der Waals surface area contributed by atoms with E-state index in [1.54, 1.807) is 12.1 Å². The maximum Gasteiger partial charge on any atom is 0.264 e. The van der Waals surface area contributed by atoms with Crippen molar-refractivity contribution in [2.45, 2.75) is 37.6 Å². The minimum Gasteiger partial charge on any atom is -0.349 e. The molecule has 3 aromatic rings. The Morgan fingerprint density at radius 1 is 0.939 bits per heavy atom. The fourth-order valence-electron chi connectivity index (χ4n) is 3.53. The Hall–Kier alpha value is -2.54. The molecule has 0 fully saturated rings. The van der Waals surface area contributed by atoms with Gasteiger partial charge in [0.2, 0.25) is 5.91 Å². The molecule has 174 valence electrons. The molecule has 0 spiro atoms. The number of benzene rings is 3. The average Bonchev–Trinajstić information content (AvgIpc) is 2.71. The van der Waals surface area contributed by atoms with Gasteiger partial charge in [0.25, 0.3) is 10.0 Å². The Labute approximate surface area is 205 Å². The van der Waals surface area contributed by atoms with Gasteiger partial charge in [-0.15, -0.1) is 0 Å². The molecule has 0 unspecified atom stereocenters. The van der Waals surface area contributed by atoms with Crippen LogP contribution >= 0.6 is 23.2 Å². The van der Waals surface area contributed by atoms with Gasteiger partial charge in [-0.2, -0.15) is 0 Å². The maximum absolute atomic E-state index is 13.5. The summed E-state index contributed by atoms with van der Waals surface area (Å²) in [5.74, 6) is -0.442. The van der Waals surface area contributed by atoms with E-state index in [0.29, 0.717) is 6.42 Å². The van der Waals surface area contributed by atoms with Gasteiger partial charge in [-0.25, -0.2) is 8.42 Å². The van der Waals surface area contributed by atoms with E-state index < -0.39 is 28.0 Å². The molecule has 0 aliphatic carbocycles. The normalized spacial score (nSPS) is 11.8. The van der Waals surface area contributed by atoms with Crippen molar-refractivity contribution in [3.05, 3.63) is 94.0 Å². The number of nitrogens with one attached hydrogen (secondary N) is 1. The zero-order chi connectivity index (χ0) is 24.2.